The Balaban J connectivity index is 1.68. The van der Waals surface area contributed by atoms with Gasteiger partial charge in [0.05, 0.1) is 16.8 Å². The van der Waals surface area contributed by atoms with Gasteiger partial charge in [0.15, 0.2) is 10.9 Å². The van der Waals surface area contributed by atoms with Crippen molar-refractivity contribution in [2.24, 2.45) is 5.92 Å². The number of benzene rings is 2. The molecule has 1 N–H and O–H groups in total. The molecule has 0 unspecified atom stereocenters. The molecule has 140 valence electrons. The summed E-state index contributed by atoms with van der Waals surface area (Å²) in [5.74, 6) is 0.664. The van der Waals surface area contributed by atoms with Gasteiger partial charge in [0.25, 0.3) is 0 Å². The summed E-state index contributed by atoms with van der Waals surface area (Å²) >= 11 is 1.44. The van der Waals surface area contributed by atoms with Crippen LogP contribution < -0.4 is 5.32 Å². The maximum absolute atomic E-state index is 12.3. The lowest BCUT2D eigenvalue weighted by molar-refractivity contribution is -0.113. The van der Waals surface area contributed by atoms with Gasteiger partial charge in [-0.25, -0.2) is 4.98 Å². The molecule has 0 radical (unpaired) electrons. The van der Waals surface area contributed by atoms with Gasteiger partial charge in [-0.1, -0.05) is 37.7 Å². The molecule has 0 atom stereocenters. The second kappa shape index (κ2) is 8.39. The molecule has 0 spiro atoms. The van der Waals surface area contributed by atoms with Crippen LogP contribution in [0.25, 0.3) is 11.0 Å². The molecule has 0 fully saturated rings. The molecule has 1 heterocycles. The largest absolute Gasteiger partial charge is 0.325 e. The van der Waals surface area contributed by atoms with E-state index < -0.39 is 0 Å². The minimum atomic E-state index is -0.0984. The van der Waals surface area contributed by atoms with Crippen molar-refractivity contribution in [1.29, 1.82) is 0 Å². The third-order valence-electron chi connectivity index (χ3n) is 4.07. The van der Waals surface area contributed by atoms with Crippen molar-refractivity contribution in [3.05, 3.63) is 54.1 Å². The zero-order valence-corrected chi connectivity index (χ0v) is 16.5. The topological polar surface area (TPSA) is 64.0 Å². The number of ketones is 1. The molecule has 27 heavy (non-hydrogen) atoms. The molecule has 1 aromatic heterocycles. The summed E-state index contributed by atoms with van der Waals surface area (Å²) in [6.07, 6.45) is 0. The van der Waals surface area contributed by atoms with Crippen LogP contribution in [0.3, 0.4) is 0 Å². The van der Waals surface area contributed by atoms with Gasteiger partial charge in [-0.15, -0.1) is 0 Å². The van der Waals surface area contributed by atoms with Gasteiger partial charge in [-0.05, 0) is 49.2 Å². The molecule has 0 aliphatic rings. The number of anilines is 1. The van der Waals surface area contributed by atoms with Crippen LogP contribution in [-0.2, 0) is 11.3 Å². The molecule has 6 heteroatoms. The fraction of sp³-hybridized carbons (Fsp3) is 0.286. The number of carbonyl (C=O) groups is 2. The van der Waals surface area contributed by atoms with E-state index in [9.17, 15) is 9.59 Å². The average molecular weight is 382 g/mol. The van der Waals surface area contributed by atoms with Crippen LogP contribution in [0.5, 0.6) is 0 Å². The summed E-state index contributed by atoms with van der Waals surface area (Å²) in [6, 6.07) is 15.0. The quantitative estimate of drug-likeness (QED) is 0.479. The first-order valence-electron chi connectivity index (χ1n) is 8.93. The number of nitrogens with zero attached hydrogens (tertiary/aromatic N) is 2. The second-order valence-electron chi connectivity index (χ2n) is 6.86. The summed E-state index contributed by atoms with van der Waals surface area (Å²) < 4.78 is 2.18. The number of rotatable bonds is 7. The number of carbonyl (C=O) groups excluding carboxylic acids is 2. The standard InChI is InChI=1S/C21H23N3O2S/c1-14(2)12-24-19-7-5-4-6-18(19)23-21(24)27-13-20(26)22-17-10-8-16(9-11-17)15(3)25/h4-11,14H,12-13H2,1-3H3,(H,22,26). The van der Waals surface area contributed by atoms with E-state index in [2.05, 4.69) is 34.8 Å². The van der Waals surface area contributed by atoms with Crippen molar-refractivity contribution in [2.45, 2.75) is 32.5 Å². The van der Waals surface area contributed by atoms with E-state index in [-0.39, 0.29) is 17.4 Å². The molecule has 0 bridgehead atoms. The highest BCUT2D eigenvalue weighted by molar-refractivity contribution is 7.99. The van der Waals surface area contributed by atoms with Crippen molar-refractivity contribution in [2.75, 3.05) is 11.1 Å². The molecule has 3 rings (SSSR count). The first-order valence-corrected chi connectivity index (χ1v) is 9.91. The van der Waals surface area contributed by atoms with E-state index in [1.54, 1.807) is 24.3 Å². The van der Waals surface area contributed by atoms with Crippen LogP contribution in [0, 0.1) is 5.92 Å². The zero-order valence-electron chi connectivity index (χ0n) is 15.7. The van der Waals surface area contributed by atoms with Crippen LogP contribution in [0.4, 0.5) is 5.69 Å². The lowest BCUT2D eigenvalue weighted by Gasteiger charge is -2.11. The predicted molar refractivity (Wildman–Crippen MR) is 110 cm³/mol. The summed E-state index contributed by atoms with van der Waals surface area (Å²) in [7, 11) is 0. The average Bonchev–Trinajstić information content (AvgIpc) is 2.97. The van der Waals surface area contributed by atoms with Gasteiger partial charge in [-0.2, -0.15) is 0 Å². The number of hydrogen-bond acceptors (Lipinski definition) is 4. The Kier molecular flexibility index (Phi) is 5.96. The van der Waals surface area contributed by atoms with E-state index in [1.807, 2.05) is 18.2 Å². The monoisotopic (exact) mass is 381 g/mol. The van der Waals surface area contributed by atoms with Gasteiger partial charge in [0.2, 0.25) is 5.91 Å². The Labute approximate surface area is 163 Å². The first kappa shape index (κ1) is 19.2. The van der Waals surface area contributed by atoms with Crippen LogP contribution in [0.1, 0.15) is 31.1 Å². The number of amides is 1. The Bertz CT molecular complexity index is 961. The van der Waals surface area contributed by atoms with Gasteiger partial charge in [-0.3, -0.25) is 9.59 Å². The number of imidazole rings is 1. The van der Waals surface area contributed by atoms with Crippen molar-refractivity contribution >= 4 is 40.2 Å². The molecule has 3 aromatic rings. The minimum Gasteiger partial charge on any atom is -0.325 e. The van der Waals surface area contributed by atoms with Crippen molar-refractivity contribution in [3.8, 4) is 0 Å². The number of nitrogens with one attached hydrogen (secondary N) is 1. The van der Waals surface area contributed by atoms with Crippen LogP contribution in [-0.4, -0.2) is 27.0 Å². The van der Waals surface area contributed by atoms with Crippen LogP contribution >= 0.6 is 11.8 Å². The SMILES string of the molecule is CC(=O)c1ccc(NC(=O)CSc2nc3ccccc3n2CC(C)C)cc1. The molecule has 0 saturated heterocycles. The Morgan fingerprint density at radius 2 is 1.81 bits per heavy atom. The van der Waals surface area contributed by atoms with Crippen molar-refractivity contribution in [3.63, 3.8) is 0 Å². The highest BCUT2D eigenvalue weighted by atomic mass is 32.2. The number of hydrogen-bond donors (Lipinski definition) is 1. The molecule has 2 aromatic carbocycles. The zero-order chi connectivity index (χ0) is 19.4. The van der Waals surface area contributed by atoms with Crippen molar-refractivity contribution < 1.29 is 9.59 Å². The third kappa shape index (κ3) is 4.77. The normalized spacial score (nSPS) is 11.1. The molecular weight excluding hydrogens is 358 g/mol. The second-order valence-corrected chi connectivity index (χ2v) is 7.80. The number of Topliss-reactive ketones (excluding diaryl/α,β-unsaturated/α-hetero) is 1. The molecule has 0 saturated carbocycles. The molecule has 0 aliphatic heterocycles. The van der Waals surface area contributed by atoms with Crippen LogP contribution in [0.2, 0.25) is 0 Å². The van der Waals surface area contributed by atoms with Crippen LogP contribution in [0.15, 0.2) is 53.7 Å². The van der Waals surface area contributed by atoms with Gasteiger partial charge >= 0.3 is 0 Å². The number of fused-ring (bicyclic) bond motifs is 1. The van der Waals surface area contributed by atoms with E-state index in [0.29, 0.717) is 17.2 Å². The lowest BCUT2D eigenvalue weighted by Crippen LogP contribution is -2.15. The Morgan fingerprint density at radius 3 is 2.48 bits per heavy atom. The number of thioether (sulfide) groups is 1. The van der Waals surface area contributed by atoms with E-state index in [4.69, 9.17) is 0 Å². The molecule has 5 nitrogen and oxygen atoms in total. The first-order chi connectivity index (χ1) is 12.9. The Hall–Kier alpha value is -2.60. The minimum absolute atomic E-state index is 0.00693. The smallest absolute Gasteiger partial charge is 0.234 e. The van der Waals surface area contributed by atoms with Gasteiger partial charge in [0, 0.05) is 17.8 Å². The summed E-state index contributed by atoms with van der Waals surface area (Å²) in [4.78, 5) is 28.3. The Morgan fingerprint density at radius 1 is 1.11 bits per heavy atom. The van der Waals surface area contributed by atoms with E-state index >= 15 is 0 Å². The highest BCUT2D eigenvalue weighted by Crippen LogP contribution is 2.25. The van der Waals surface area contributed by atoms with Gasteiger partial charge < -0.3 is 9.88 Å². The fourth-order valence-electron chi connectivity index (χ4n) is 2.82. The van der Waals surface area contributed by atoms with E-state index in [0.717, 1.165) is 22.7 Å². The number of para-hydroxylation sites is 2. The summed E-state index contributed by atoms with van der Waals surface area (Å²) in [5.41, 5.74) is 3.35. The summed E-state index contributed by atoms with van der Waals surface area (Å²) in [5, 5.41) is 3.72. The van der Waals surface area contributed by atoms with Gasteiger partial charge in [0.1, 0.15) is 0 Å². The third-order valence-corrected chi connectivity index (χ3v) is 5.05. The maximum Gasteiger partial charge on any atom is 0.234 e. The van der Waals surface area contributed by atoms with Crippen molar-refractivity contribution in [1.82, 2.24) is 9.55 Å². The maximum atomic E-state index is 12.3. The van der Waals surface area contributed by atoms with E-state index in [1.165, 1.54) is 18.7 Å². The molecule has 1 amide bonds. The summed E-state index contributed by atoms with van der Waals surface area (Å²) in [6.45, 7) is 6.71. The fourth-order valence-corrected chi connectivity index (χ4v) is 3.64. The molecular formula is C21H23N3O2S. The lowest BCUT2D eigenvalue weighted by atomic mass is 10.1. The highest BCUT2D eigenvalue weighted by Gasteiger charge is 2.14. The molecule has 0 aliphatic carbocycles. The predicted octanol–water partition coefficient (Wildman–Crippen LogP) is 4.63. The number of aromatic nitrogens is 2.